The smallest absolute Gasteiger partial charge is 0.255 e. The van der Waals surface area contributed by atoms with Gasteiger partial charge in [-0.2, -0.15) is 0 Å². The maximum absolute atomic E-state index is 12.6. The van der Waals surface area contributed by atoms with Crippen LogP contribution in [-0.2, 0) is 0 Å². The molecule has 2 fully saturated rings. The Labute approximate surface area is 182 Å². The van der Waals surface area contributed by atoms with Crippen LogP contribution in [0, 0.1) is 6.92 Å². The van der Waals surface area contributed by atoms with Crippen molar-refractivity contribution in [1.29, 1.82) is 0 Å². The first kappa shape index (κ1) is 20.5. The molecule has 2 heterocycles. The number of hydrogen-bond donors (Lipinski definition) is 1. The summed E-state index contributed by atoms with van der Waals surface area (Å²) in [5.41, 5.74) is 3.52. The van der Waals surface area contributed by atoms with E-state index in [1.54, 1.807) is 18.2 Å². The fourth-order valence-corrected chi connectivity index (χ4v) is 5.14. The van der Waals surface area contributed by atoms with Crippen molar-refractivity contribution < 1.29 is 4.79 Å². The summed E-state index contributed by atoms with van der Waals surface area (Å²) in [5, 5.41) is 3.87. The maximum Gasteiger partial charge on any atom is 0.255 e. The van der Waals surface area contributed by atoms with Gasteiger partial charge in [0.15, 0.2) is 0 Å². The van der Waals surface area contributed by atoms with E-state index in [1.807, 2.05) is 13.0 Å². The summed E-state index contributed by atoms with van der Waals surface area (Å²) in [4.78, 5) is 17.7. The Morgan fingerprint density at radius 2 is 1.83 bits per heavy atom. The fourth-order valence-electron chi connectivity index (χ4n) is 4.61. The maximum atomic E-state index is 12.6. The van der Waals surface area contributed by atoms with E-state index in [9.17, 15) is 4.79 Å². The van der Waals surface area contributed by atoms with Crippen molar-refractivity contribution in [2.75, 3.05) is 29.9 Å². The van der Waals surface area contributed by atoms with E-state index in [4.69, 9.17) is 23.2 Å². The minimum atomic E-state index is -0.213. The Hall–Kier alpha value is -1.75. The van der Waals surface area contributed by atoms with E-state index in [0.717, 1.165) is 24.3 Å². The summed E-state index contributed by atoms with van der Waals surface area (Å²) in [6.07, 6.45) is 3.86. The molecule has 2 aromatic carbocycles. The zero-order valence-corrected chi connectivity index (χ0v) is 18.4. The molecule has 4 nitrogen and oxygen atoms in total. The topological polar surface area (TPSA) is 35.6 Å². The third kappa shape index (κ3) is 4.55. The van der Waals surface area contributed by atoms with Gasteiger partial charge in [0.2, 0.25) is 0 Å². The standard InChI is InChI=1S/C23H27Cl2N3O/c1-15-10-20(27-9-7-21(14-27)28-8-3-4-16(28)2)5-6-22(15)26-23(29)17-11-18(24)13-19(25)12-17/h5-6,10-13,16,21H,3-4,7-9,14H2,1-2H3,(H,26,29). The van der Waals surface area contributed by atoms with Gasteiger partial charge in [-0.1, -0.05) is 23.2 Å². The molecule has 4 rings (SSSR count). The van der Waals surface area contributed by atoms with Crippen LogP contribution >= 0.6 is 23.2 Å². The molecular weight excluding hydrogens is 405 g/mol. The highest BCUT2D eigenvalue weighted by Gasteiger charge is 2.32. The first-order valence-corrected chi connectivity index (χ1v) is 11.0. The highest BCUT2D eigenvalue weighted by Crippen LogP contribution is 2.30. The molecule has 2 saturated heterocycles. The van der Waals surface area contributed by atoms with Crippen LogP contribution in [0.3, 0.4) is 0 Å². The molecule has 6 heteroatoms. The molecule has 2 aliphatic rings. The van der Waals surface area contributed by atoms with Crippen molar-refractivity contribution in [3.05, 3.63) is 57.6 Å². The average Bonchev–Trinajstić information content (AvgIpc) is 3.31. The number of hydrogen-bond acceptors (Lipinski definition) is 3. The summed E-state index contributed by atoms with van der Waals surface area (Å²) < 4.78 is 0. The minimum absolute atomic E-state index is 0.213. The SMILES string of the molecule is Cc1cc(N2CCC(N3CCCC3C)C2)ccc1NC(=O)c1cc(Cl)cc(Cl)c1. The molecule has 2 aliphatic heterocycles. The number of halogens is 2. The van der Waals surface area contributed by atoms with Gasteiger partial charge in [0, 0.05) is 52.2 Å². The van der Waals surface area contributed by atoms with Crippen LogP contribution in [0.4, 0.5) is 11.4 Å². The lowest BCUT2D eigenvalue weighted by atomic mass is 10.1. The minimum Gasteiger partial charge on any atom is -0.370 e. The van der Waals surface area contributed by atoms with Crippen LogP contribution < -0.4 is 10.2 Å². The molecule has 0 spiro atoms. The molecule has 1 N–H and O–H groups in total. The van der Waals surface area contributed by atoms with Gasteiger partial charge in [-0.25, -0.2) is 0 Å². The van der Waals surface area contributed by atoms with Gasteiger partial charge >= 0.3 is 0 Å². The second-order valence-corrected chi connectivity index (χ2v) is 9.10. The average molecular weight is 432 g/mol. The molecule has 0 aromatic heterocycles. The lowest BCUT2D eigenvalue weighted by Crippen LogP contribution is -2.39. The zero-order chi connectivity index (χ0) is 20.5. The van der Waals surface area contributed by atoms with E-state index in [2.05, 4.69) is 34.2 Å². The summed E-state index contributed by atoms with van der Waals surface area (Å²) in [5.74, 6) is -0.213. The first-order valence-electron chi connectivity index (χ1n) is 10.3. The van der Waals surface area contributed by atoms with Crippen molar-refractivity contribution in [2.45, 2.75) is 45.2 Å². The highest BCUT2D eigenvalue weighted by atomic mass is 35.5. The van der Waals surface area contributed by atoms with Crippen LogP contribution in [-0.4, -0.2) is 42.5 Å². The van der Waals surface area contributed by atoms with Gasteiger partial charge in [-0.05, 0) is 81.6 Å². The number of likely N-dealkylation sites (tertiary alicyclic amines) is 1. The van der Waals surface area contributed by atoms with Crippen molar-refractivity contribution in [3.63, 3.8) is 0 Å². The number of carbonyl (C=O) groups is 1. The quantitative estimate of drug-likeness (QED) is 0.682. The van der Waals surface area contributed by atoms with Crippen LogP contribution in [0.5, 0.6) is 0 Å². The monoisotopic (exact) mass is 431 g/mol. The molecular formula is C23H27Cl2N3O. The van der Waals surface area contributed by atoms with Gasteiger partial charge in [-0.15, -0.1) is 0 Å². The number of nitrogens with one attached hydrogen (secondary N) is 1. The van der Waals surface area contributed by atoms with Crippen molar-refractivity contribution >= 4 is 40.5 Å². The summed E-state index contributed by atoms with van der Waals surface area (Å²) in [7, 11) is 0. The number of carbonyl (C=O) groups excluding carboxylic acids is 1. The number of rotatable bonds is 4. The van der Waals surface area contributed by atoms with Crippen LogP contribution in [0.25, 0.3) is 0 Å². The largest absolute Gasteiger partial charge is 0.370 e. The van der Waals surface area contributed by atoms with E-state index in [-0.39, 0.29) is 5.91 Å². The van der Waals surface area contributed by atoms with E-state index in [1.165, 1.54) is 31.5 Å². The van der Waals surface area contributed by atoms with E-state index in [0.29, 0.717) is 27.7 Å². The predicted octanol–water partition coefficient (Wildman–Crippen LogP) is 5.62. The summed E-state index contributed by atoms with van der Waals surface area (Å²) >= 11 is 12.0. The van der Waals surface area contributed by atoms with E-state index >= 15 is 0 Å². The van der Waals surface area contributed by atoms with E-state index < -0.39 is 0 Å². The molecule has 2 unspecified atom stereocenters. The Balaban J connectivity index is 1.43. The number of aryl methyl sites for hydroxylation is 1. The van der Waals surface area contributed by atoms with Crippen molar-refractivity contribution in [2.24, 2.45) is 0 Å². The Morgan fingerprint density at radius 1 is 1.07 bits per heavy atom. The number of nitrogens with zero attached hydrogens (tertiary/aromatic N) is 2. The molecule has 0 bridgehead atoms. The Kier molecular flexibility index (Phi) is 6.05. The van der Waals surface area contributed by atoms with Gasteiger partial charge < -0.3 is 10.2 Å². The van der Waals surface area contributed by atoms with Crippen LogP contribution in [0.1, 0.15) is 42.1 Å². The second kappa shape index (κ2) is 8.55. The van der Waals surface area contributed by atoms with Crippen LogP contribution in [0.2, 0.25) is 10.0 Å². The van der Waals surface area contributed by atoms with Gasteiger partial charge in [0.25, 0.3) is 5.91 Å². The highest BCUT2D eigenvalue weighted by molar-refractivity contribution is 6.35. The van der Waals surface area contributed by atoms with Gasteiger partial charge in [-0.3, -0.25) is 9.69 Å². The van der Waals surface area contributed by atoms with Gasteiger partial charge in [0.05, 0.1) is 0 Å². The third-order valence-corrected chi connectivity index (χ3v) is 6.62. The number of amides is 1. The summed E-state index contributed by atoms with van der Waals surface area (Å²) in [6, 6.07) is 12.5. The molecule has 0 aliphatic carbocycles. The molecule has 154 valence electrons. The Morgan fingerprint density at radius 3 is 2.48 bits per heavy atom. The molecule has 0 radical (unpaired) electrons. The third-order valence-electron chi connectivity index (χ3n) is 6.18. The lowest BCUT2D eigenvalue weighted by Gasteiger charge is -2.28. The molecule has 29 heavy (non-hydrogen) atoms. The lowest BCUT2D eigenvalue weighted by molar-refractivity contribution is 0.102. The number of anilines is 2. The zero-order valence-electron chi connectivity index (χ0n) is 16.9. The Bertz CT molecular complexity index is 897. The molecule has 1 amide bonds. The fraction of sp³-hybridized carbons (Fsp3) is 0.435. The summed E-state index contributed by atoms with van der Waals surface area (Å²) in [6.45, 7) is 7.78. The molecule has 2 atom stereocenters. The van der Waals surface area contributed by atoms with Crippen molar-refractivity contribution in [3.8, 4) is 0 Å². The van der Waals surface area contributed by atoms with Crippen LogP contribution in [0.15, 0.2) is 36.4 Å². The normalized spacial score (nSPS) is 22.3. The first-order chi connectivity index (χ1) is 13.9. The van der Waals surface area contributed by atoms with Gasteiger partial charge in [0.1, 0.15) is 0 Å². The van der Waals surface area contributed by atoms with Crippen molar-refractivity contribution in [1.82, 2.24) is 4.90 Å². The second-order valence-electron chi connectivity index (χ2n) is 8.23. The number of benzene rings is 2. The molecule has 0 saturated carbocycles. The predicted molar refractivity (Wildman–Crippen MR) is 122 cm³/mol. The molecule has 2 aromatic rings.